The van der Waals surface area contributed by atoms with Crippen LogP contribution in [0, 0.1) is 5.92 Å². The van der Waals surface area contributed by atoms with E-state index in [0.29, 0.717) is 6.54 Å². The molecular weight excluding hydrogens is 254 g/mol. The zero-order chi connectivity index (χ0) is 13.9. The second kappa shape index (κ2) is 5.90. The van der Waals surface area contributed by atoms with Crippen molar-refractivity contribution in [3.8, 4) is 0 Å². The molecule has 0 spiro atoms. The molecule has 0 bridgehead atoms. The SMILES string of the molecule is CC(C)C(NC(=O)N(C)Cc1csn1C)C(=O)O. The van der Waals surface area contributed by atoms with Crippen LogP contribution in [-0.4, -0.2) is 39.1 Å². The molecule has 0 saturated heterocycles. The van der Waals surface area contributed by atoms with Crippen molar-refractivity contribution in [1.82, 2.24) is 14.2 Å². The normalized spacial score (nSPS) is 12.5. The summed E-state index contributed by atoms with van der Waals surface area (Å²) >= 11 is 1.56. The van der Waals surface area contributed by atoms with Gasteiger partial charge in [0.05, 0.1) is 12.2 Å². The fourth-order valence-electron chi connectivity index (χ4n) is 1.44. The molecule has 1 atom stereocenters. The number of nitrogens with zero attached hydrogens (tertiary/aromatic N) is 2. The molecule has 102 valence electrons. The van der Waals surface area contributed by atoms with Crippen LogP contribution in [0.1, 0.15) is 19.5 Å². The van der Waals surface area contributed by atoms with Crippen LogP contribution in [0.4, 0.5) is 4.79 Å². The van der Waals surface area contributed by atoms with Crippen molar-refractivity contribution >= 4 is 23.5 Å². The molecule has 0 saturated carbocycles. The molecule has 1 rings (SSSR count). The predicted molar refractivity (Wildman–Crippen MR) is 69.6 cm³/mol. The number of carboxylic acids is 1. The number of hydrogen-bond donors (Lipinski definition) is 2. The molecular formula is C11H19N3O3S. The van der Waals surface area contributed by atoms with Gasteiger partial charge in [-0.15, -0.1) is 0 Å². The summed E-state index contributed by atoms with van der Waals surface area (Å²) in [6, 6.07) is -1.23. The van der Waals surface area contributed by atoms with Crippen molar-refractivity contribution in [1.29, 1.82) is 0 Å². The van der Waals surface area contributed by atoms with Gasteiger partial charge in [0.15, 0.2) is 0 Å². The van der Waals surface area contributed by atoms with Crippen molar-refractivity contribution in [2.45, 2.75) is 26.4 Å². The molecule has 0 aliphatic rings. The molecule has 1 unspecified atom stereocenters. The number of aliphatic carboxylic acids is 1. The van der Waals surface area contributed by atoms with Crippen LogP contribution < -0.4 is 5.32 Å². The molecule has 0 aromatic carbocycles. The lowest BCUT2D eigenvalue weighted by atomic mass is 10.1. The Kier molecular flexibility index (Phi) is 4.77. The lowest BCUT2D eigenvalue weighted by Crippen LogP contribution is -2.49. The van der Waals surface area contributed by atoms with E-state index in [-0.39, 0.29) is 11.9 Å². The van der Waals surface area contributed by atoms with Crippen LogP contribution in [0.3, 0.4) is 0 Å². The zero-order valence-electron chi connectivity index (χ0n) is 11.0. The van der Waals surface area contributed by atoms with E-state index in [1.807, 2.05) is 16.4 Å². The van der Waals surface area contributed by atoms with Crippen LogP contribution in [0.2, 0.25) is 0 Å². The van der Waals surface area contributed by atoms with Crippen LogP contribution in [-0.2, 0) is 18.4 Å². The average Bonchev–Trinajstić information content (AvgIpc) is 2.29. The Labute approximate surface area is 110 Å². The minimum absolute atomic E-state index is 0.152. The number of hydrogen-bond acceptors (Lipinski definition) is 3. The molecule has 18 heavy (non-hydrogen) atoms. The number of carboxylic acid groups (broad SMARTS) is 1. The molecule has 0 fully saturated rings. The molecule has 2 N–H and O–H groups in total. The first-order valence-electron chi connectivity index (χ1n) is 5.67. The molecule has 0 radical (unpaired) electrons. The summed E-state index contributed by atoms with van der Waals surface area (Å²) in [5, 5.41) is 13.5. The van der Waals surface area contributed by atoms with Gasteiger partial charge < -0.3 is 19.3 Å². The Morgan fingerprint density at radius 2 is 2.17 bits per heavy atom. The van der Waals surface area contributed by atoms with Crippen LogP contribution in [0.15, 0.2) is 5.38 Å². The predicted octanol–water partition coefficient (Wildman–Crippen LogP) is 1.34. The van der Waals surface area contributed by atoms with Gasteiger partial charge in [-0.05, 0) is 5.92 Å². The third-order valence-electron chi connectivity index (χ3n) is 2.71. The van der Waals surface area contributed by atoms with Gasteiger partial charge in [-0.1, -0.05) is 25.4 Å². The van der Waals surface area contributed by atoms with Gasteiger partial charge in [0.2, 0.25) is 0 Å². The van der Waals surface area contributed by atoms with Crippen molar-refractivity contribution in [2.24, 2.45) is 13.0 Å². The third kappa shape index (κ3) is 3.49. The van der Waals surface area contributed by atoms with Gasteiger partial charge in [-0.3, -0.25) is 0 Å². The maximum absolute atomic E-state index is 11.8. The first kappa shape index (κ1) is 14.6. The van der Waals surface area contributed by atoms with E-state index in [1.54, 1.807) is 32.4 Å². The van der Waals surface area contributed by atoms with Crippen molar-refractivity contribution < 1.29 is 14.7 Å². The average molecular weight is 273 g/mol. The number of nitrogens with one attached hydrogen (secondary N) is 1. The van der Waals surface area contributed by atoms with Gasteiger partial charge in [0, 0.05) is 19.5 Å². The number of amides is 2. The maximum atomic E-state index is 11.8. The van der Waals surface area contributed by atoms with E-state index in [1.165, 1.54) is 4.90 Å². The molecule has 0 aliphatic heterocycles. The standard InChI is InChI=1S/C11H19N3O3S/c1-7(2)9(10(15)16)12-11(17)13(3)5-8-6-18-14(8)4/h6-7,9H,5H2,1-4H3,(H,12,17)(H,15,16). The molecule has 1 aromatic heterocycles. The molecule has 7 heteroatoms. The molecule has 1 aromatic rings. The minimum atomic E-state index is -1.01. The fraction of sp³-hybridized carbons (Fsp3) is 0.636. The summed E-state index contributed by atoms with van der Waals surface area (Å²) < 4.78 is 1.96. The third-order valence-corrected chi connectivity index (χ3v) is 3.64. The van der Waals surface area contributed by atoms with Crippen LogP contribution in [0.5, 0.6) is 0 Å². The summed E-state index contributed by atoms with van der Waals surface area (Å²) in [5.74, 6) is -1.16. The Morgan fingerprint density at radius 3 is 2.50 bits per heavy atom. The van der Waals surface area contributed by atoms with E-state index in [9.17, 15) is 9.59 Å². The Balaban J connectivity index is 2.54. The highest BCUT2D eigenvalue weighted by Gasteiger charge is 2.25. The van der Waals surface area contributed by atoms with Gasteiger partial charge in [-0.2, -0.15) is 0 Å². The lowest BCUT2D eigenvalue weighted by Gasteiger charge is -2.24. The van der Waals surface area contributed by atoms with E-state index < -0.39 is 12.0 Å². The van der Waals surface area contributed by atoms with Gasteiger partial charge in [-0.25, -0.2) is 9.59 Å². The minimum Gasteiger partial charge on any atom is -0.480 e. The summed E-state index contributed by atoms with van der Waals surface area (Å²) in [7, 11) is 3.56. The number of carbonyl (C=O) groups is 2. The zero-order valence-corrected chi connectivity index (χ0v) is 11.8. The Bertz CT molecular complexity index is 425. The highest BCUT2D eigenvalue weighted by Crippen LogP contribution is 2.11. The summed E-state index contributed by atoms with van der Waals surface area (Å²) in [4.78, 5) is 24.3. The summed E-state index contributed by atoms with van der Waals surface area (Å²) in [5.41, 5.74) is 1.04. The second-order valence-electron chi connectivity index (χ2n) is 4.58. The first-order chi connectivity index (χ1) is 8.32. The molecule has 2 amide bonds. The van der Waals surface area contributed by atoms with E-state index in [0.717, 1.165) is 5.69 Å². The van der Waals surface area contributed by atoms with E-state index >= 15 is 0 Å². The monoisotopic (exact) mass is 273 g/mol. The fourth-order valence-corrected chi connectivity index (χ4v) is 2.04. The maximum Gasteiger partial charge on any atom is 0.326 e. The largest absolute Gasteiger partial charge is 0.480 e. The molecule has 0 aliphatic carbocycles. The topological polar surface area (TPSA) is 74.6 Å². The van der Waals surface area contributed by atoms with Crippen LogP contribution in [0.25, 0.3) is 0 Å². The number of rotatable bonds is 5. The summed E-state index contributed by atoms with van der Waals surface area (Å²) in [6.45, 7) is 4.00. The molecule has 6 nitrogen and oxygen atoms in total. The number of urea groups is 1. The number of aromatic nitrogens is 1. The second-order valence-corrected chi connectivity index (χ2v) is 5.57. The Hall–Kier alpha value is -1.50. The lowest BCUT2D eigenvalue weighted by molar-refractivity contribution is -0.140. The summed E-state index contributed by atoms with van der Waals surface area (Å²) in [6.07, 6.45) is 0. The van der Waals surface area contributed by atoms with E-state index in [2.05, 4.69) is 5.32 Å². The van der Waals surface area contributed by atoms with Gasteiger partial charge in [0.25, 0.3) is 0 Å². The first-order valence-corrected chi connectivity index (χ1v) is 6.50. The van der Waals surface area contributed by atoms with Crippen molar-refractivity contribution in [3.05, 3.63) is 11.1 Å². The highest BCUT2D eigenvalue weighted by atomic mass is 32.1. The highest BCUT2D eigenvalue weighted by molar-refractivity contribution is 7.05. The Morgan fingerprint density at radius 1 is 1.56 bits per heavy atom. The molecule has 1 heterocycles. The van der Waals surface area contributed by atoms with Crippen molar-refractivity contribution in [3.63, 3.8) is 0 Å². The smallest absolute Gasteiger partial charge is 0.326 e. The number of carbonyl (C=O) groups excluding carboxylic acids is 1. The van der Waals surface area contributed by atoms with Crippen molar-refractivity contribution in [2.75, 3.05) is 7.05 Å². The quantitative estimate of drug-likeness (QED) is 0.850. The van der Waals surface area contributed by atoms with Crippen LogP contribution >= 0.6 is 11.5 Å². The number of aryl methyl sites for hydroxylation is 1. The van der Waals surface area contributed by atoms with Gasteiger partial charge in [0.1, 0.15) is 6.04 Å². The van der Waals surface area contributed by atoms with Gasteiger partial charge >= 0.3 is 12.0 Å². The van der Waals surface area contributed by atoms with E-state index in [4.69, 9.17) is 5.11 Å².